The Morgan fingerprint density at radius 3 is 2.31 bits per heavy atom. The second-order valence-corrected chi connectivity index (χ2v) is 10.2. The number of thioether (sulfide) groups is 1. The van der Waals surface area contributed by atoms with Gasteiger partial charge >= 0.3 is 11.9 Å². The summed E-state index contributed by atoms with van der Waals surface area (Å²) in [5.74, 6) is -0.495. The largest absolute Gasteiger partial charge is 0.449 e. The van der Waals surface area contributed by atoms with E-state index in [9.17, 15) is 28.1 Å². The summed E-state index contributed by atoms with van der Waals surface area (Å²) in [6, 6.07) is 10.5. The lowest BCUT2D eigenvalue weighted by Gasteiger charge is -2.20. The van der Waals surface area contributed by atoms with Gasteiger partial charge in [-0.2, -0.15) is 18.2 Å². The zero-order chi connectivity index (χ0) is 26.4. The summed E-state index contributed by atoms with van der Waals surface area (Å²) in [6.07, 6.45) is -3.09. The van der Waals surface area contributed by atoms with Gasteiger partial charge in [0.2, 0.25) is 5.75 Å². The summed E-state index contributed by atoms with van der Waals surface area (Å²) in [4.78, 5) is 23.8. The number of alkyl halides is 3. The van der Waals surface area contributed by atoms with Gasteiger partial charge in [-0.25, -0.2) is 0 Å². The third kappa shape index (κ3) is 5.04. The molecule has 0 saturated carbocycles. The smallest absolute Gasteiger partial charge is 0.416 e. The van der Waals surface area contributed by atoms with Crippen molar-refractivity contribution in [2.45, 2.75) is 20.0 Å². The van der Waals surface area contributed by atoms with Gasteiger partial charge in [0.15, 0.2) is 4.32 Å². The highest BCUT2D eigenvalue weighted by atomic mass is 79.9. The number of carbonyl (C=O) groups excluding carboxylic acids is 1. The summed E-state index contributed by atoms with van der Waals surface area (Å²) in [5.41, 5.74) is 0.342. The van der Waals surface area contributed by atoms with Crippen molar-refractivity contribution in [2.75, 3.05) is 5.01 Å². The van der Waals surface area contributed by atoms with Crippen LogP contribution >= 0.6 is 39.9 Å². The molecule has 0 unspecified atom stereocenters. The van der Waals surface area contributed by atoms with E-state index in [1.807, 2.05) is 26.0 Å². The van der Waals surface area contributed by atoms with E-state index in [4.69, 9.17) is 17.0 Å². The van der Waals surface area contributed by atoms with E-state index in [-0.39, 0.29) is 17.4 Å². The average molecular weight is 598 g/mol. The number of nitrogens with zero attached hydrogens (tertiary/aromatic N) is 3. The van der Waals surface area contributed by atoms with Crippen LogP contribution in [0.5, 0.6) is 11.5 Å². The SMILES string of the molecule is Cc1ccc(C)n1N1C(=O)/C(=C\c2ccc(Oc3ccc(C(F)(F)F)cc3[N+](=O)[O-])c(Br)c2)SC1=S. The molecule has 2 heterocycles. The Hall–Kier alpha value is -3.16. The van der Waals surface area contributed by atoms with E-state index < -0.39 is 22.4 Å². The van der Waals surface area contributed by atoms with Crippen molar-refractivity contribution in [3.8, 4) is 11.5 Å². The molecule has 1 aliphatic rings. The molecule has 1 amide bonds. The maximum atomic E-state index is 13.1. The molecule has 1 aromatic heterocycles. The maximum absolute atomic E-state index is 13.1. The molecule has 1 fully saturated rings. The molecule has 1 saturated heterocycles. The highest BCUT2D eigenvalue weighted by molar-refractivity contribution is 9.10. The predicted octanol–water partition coefficient (Wildman–Crippen LogP) is 7.12. The first kappa shape index (κ1) is 25.9. The molecule has 0 radical (unpaired) electrons. The number of ether oxygens (including phenoxy) is 1. The van der Waals surface area contributed by atoms with E-state index >= 15 is 0 Å². The Bertz CT molecular complexity index is 1430. The average Bonchev–Trinajstić information content (AvgIpc) is 3.26. The molecule has 7 nitrogen and oxygen atoms in total. The van der Waals surface area contributed by atoms with Gasteiger partial charge in [0, 0.05) is 17.5 Å². The molecule has 186 valence electrons. The van der Waals surface area contributed by atoms with Crippen LogP contribution in [0.2, 0.25) is 0 Å². The minimum absolute atomic E-state index is 0.140. The first-order chi connectivity index (χ1) is 16.9. The van der Waals surface area contributed by atoms with Crippen molar-refractivity contribution in [2.24, 2.45) is 0 Å². The molecule has 0 aliphatic carbocycles. The van der Waals surface area contributed by atoms with Crippen LogP contribution in [0.3, 0.4) is 0 Å². The van der Waals surface area contributed by atoms with Crippen LogP contribution in [-0.2, 0) is 11.0 Å². The number of hydrogen-bond acceptors (Lipinski definition) is 6. The summed E-state index contributed by atoms with van der Waals surface area (Å²) < 4.78 is 46.9. The lowest BCUT2D eigenvalue weighted by atomic mass is 10.1. The number of aryl methyl sites for hydroxylation is 2. The number of amides is 1. The van der Waals surface area contributed by atoms with Crippen LogP contribution < -0.4 is 9.75 Å². The number of nitro groups is 1. The van der Waals surface area contributed by atoms with Crippen molar-refractivity contribution in [3.05, 3.63) is 90.5 Å². The number of benzene rings is 2. The summed E-state index contributed by atoms with van der Waals surface area (Å²) in [7, 11) is 0. The van der Waals surface area contributed by atoms with Crippen molar-refractivity contribution >= 4 is 61.9 Å². The molecule has 3 aromatic rings. The Kier molecular flexibility index (Phi) is 6.99. The van der Waals surface area contributed by atoms with Crippen LogP contribution in [0, 0.1) is 24.0 Å². The Balaban J connectivity index is 1.60. The summed E-state index contributed by atoms with van der Waals surface area (Å²) in [6.45, 7) is 3.73. The van der Waals surface area contributed by atoms with Crippen LogP contribution in [0.1, 0.15) is 22.5 Å². The maximum Gasteiger partial charge on any atom is 0.416 e. The van der Waals surface area contributed by atoms with E-state index in [0.717, 1.165) is 29.2 Å². The molecule has 13 heteroatoms. The minimum Gasteiger partial charge on any atom is -0.449 e. The number of hydrogen-bond donors (Lipinski definition) is 0. The van der Waals surface area contributed by atoms with Gasteiger partial charge in [-0.1, -0.05) is 17.8 Å². The molecular formula is C23H15BrF3N3O4S2. The Morgan fingerprint density at radius 1 is 1.08 bits per heavy atom. The quantitative estimate of drug-likeness (QED) is 0.135. The van der Waals surface area contributed by atoms with Gasteiger partial charge in [-0.3, -0.25) is 19.6 Å². The Morgan fingerprint density at radius 2 is 1.72 bits per heavy atom. The van der Waals surface area contributed by atoms with Crippen LogP contribution in [0.4, 0.5) is 18.9 Å². The number of nitro benzene ring substituents is 1. The van der Waals surface area contributed by atoms with Crippen molar-refractivity contribution in [1.82, 2.24) is 4.68 Å². The van der Waals surface area contributed by atoms with Gasteiger partial charge in [-0.15, -0.1) is 0 Å². The van der Waals surface area contributed by atoms with E-state index in [1.165, 1.54) is 11.1 Å². The molecule has 0 N–H and O–H groups in total. The van der Waals surface area contributed by atoms with Crippen molar-refractivity contribution < 1.29 is 27.6 Å². The molecule has 2 aromatic carbocycles. The third-order valence-electron chi connectivity index (χ3n) is 5.16. The number of thiocarbonyl (C=S) groups is 1. The van der Waals surface area contributed by atoms with Crippen molar-refractivity contribution in [3.63, 3.8) is 0 Å². The van der Waals surface area contributed by atoms with E-state index in [1.54, 1.807) is 22.9 Å². The minimum atomic E-state index is -4.73. The molecule has 0 spiro atoms. The second-order valence-electron chi connectivity index (χ2n) is 7.65. The molecule has 0 atom stereocenters. The third-order valence-corrected chi connectivity index (χ3v) is 7.07. The molecule has 0 bridgehead atoms. The fraction of sp³-hybridized carbons (Fsp3) is 0.130. The van der Waals surface area contributed by atoms with Crippen LogP contribution in [0.25, 0.3) is 6.08 Å². The highest BCUT2D eigenvalue weighted by Gasteiger charge is 2.35. The zero-order valence-corrected chi connectivity index (χ0v) is 21.7. The summed E-state index contributed by atoms with van der Waals surface area (Å²) >= 11 is 9.88. The fourth-order valence-corrected chi connectivity index (χ4v) is 5.21. The monoisotopic (exact) mass is 597 g/mol. The first-order valence-electron chi connectivity index (χ1n) is 10.1. The van der Waals surface area contributed by atoms with Crippen molar-refractivity contribution in [1.29, 1.82) is 0 Å². The van der Waals surface area contributed by atoms with Gasteiger partial charge < -0.3 is 4.74 Å². The van der Waals surface area contributed by atoms with Crippen LogP contribution in [-0.4, -0.2) is 19.8 Å². The second kappa shape index (κ2) is 9.71. The fourth-order valence-electron chi connectivity index (χ4n) is 3.49. The normalized spacial score (nSPS) is 15.2. The van der Waals surface area contributed by atoms with Gasteiger partial charge in [0.05, 0.1) is 19.9 Å². The van der Waals surface area contributed by atoms with Gasteiger partial charge in [-0.05, 0) is 90.0 Å². The Labute approximate surface area is 220 Å². The predicted molar refractivity (Wildman–Crippen MR) is 138 cm³/mol. The molecule has 1 aliphatic heterocycles. The number of rotatable bonds is 5. The van der Waals surface area contributed by atoms with Crippen LogP contribution in [0.15, 0.2) is 57.9 Å². The van der Waals surface area contributed by atoms with E-state index in [0.29, 0.717) is 31.4 Å². The lowest BCUT2D eigenvalue weighted by Crippen LogP contribution is -2.39. The number of aromatic nitrogens is 1. The highest BCUT2D eigenvalue weighted by Crippen LogP contribution is 2.40. The molecule has 4 rings (SSSR count). The van der Waals surface area contributed by atoms with Gasteiger partial charge in [0.25, 0.3) is 5.91 Å². The van der Waals surface area contributed by atoms with E-state index in [2.05, 4.69) is 15.9 Å². The number of halogens is 4. The lowest BCUT2D eigenvalue weighted by molar-refractivity contribution is -0.385. The van der Waals surface area contributed by atoms with Gasteiger partial charge in [0.1, 0.15) is 5.75 Å². The first-order valence-corrected chi connectivity index (χ1v) is 12.1. The standard InChI is InChI=1S/C23H15BrF3N3O4S2/c1-12-3-4-13(2)28(12)29-21(31)20(36-22(29)35)10-14-5-7-18(16(24)9-14)34-19-8-6-15(23(25,26)27)11-17(19)30(32)33/h3-11H,1-2H3/b20-10+. The zero-order valence-electron chi connectivity index (χ0n) is 18.5. The molecular weight excluding hydrogens is 583 g/mol. The summed E-state index contributed by atoms with van der Waals surface area (Å²) in [5, 5.41) is 12.7. The molecule has 36 heavy (non-hydrogen) atoms. The number of carbonyl (C=O) groups is 1. The topological polar surface area (TPSA) is 77.6 Å².